The molecule has 0 aliphatic rings. The molecule has 2 aromatic rings. The zero-order valence-electron chi connectivity index (χ0n) is 13.7. The second-order valence-corrected chi connectivity index (χ2v) is 7.74. The molecule has 0 bridgehead atoms. The molecule has 0 aliphatic carbocycles. The van der Waals surface area contributed by atoms with Gasteiger partial charge in [-0.1, -0.05) is 52.7 Å². The molecule has 0 aromatic heterocycles. The Labute approximate surface area is 166 Å². The van der Waals surface area contributed by atoms with Crippen molar-refractivity contribution in [3.63, 3.8) is 0 Å². The molecule has 2 aromatic carbocycles. The minimum Gasteiger partial charge on any atom is -0.416 e. The SMILES string of the molecule is CSSC(=O)O/C(=C(\C#N)c1ccc(Cl)cc1)c1ccccc1C(F)(F)F. The maximum Gasteiger partial charge on any atom is 0.417 e. The van der Waals surface area contributed by atoms with Gasteiger partial charge >= 0.3 is 11.5 Å². The van der Waals surface area contributed by atoms with Gasteiger partial charge in [-0.15, -0.1) is 0 Å². The first-order valence-electron chi connectivity index (χ1n) is 7.27. The van der Waals surface area contributed by atoms with Gasteiger partial charge in [0.05, 0.1) is 5.56 Å². The maximum atomic E-state index is 13.4. The number of allylic oxidation sites excluding steroid dienone is 1. The van der Waals surface area contributed by atoms with Crippen molar-refractivity contribution in [1.29, 1.82) is 5.26 Å². The van der Waals surface area contributed by atoms with Gasteiger partial charge in [-0.3, -0.25) is 0 Å². The molecule has 0 radical (unpaired) electrons. The Hall–Kier alpha value is -2.08. The average Bonchev–Trinajstić information content (AvgIpc) is 2.62. The van der Waals surface area contributed by atoms with Crippen LogP contribution in [-0.4, -0.2) is 11.6 Å². The van der Waals surface area contributed by atoms with Crippen molar-refractivity contribution < 1.29 is 22.7 Å². The normalized spacial score (nSPS) is 12.1. The Morgan fingerprint density at radius 3 is 2.33 bits per heavy atom. The van der Waals surface area contributed by atoms with Gasteiger partial charge in [-0.2, -0.15) is 18.4 Å². The molecule has 0 amide bonds. The number of hydrogen-bond acceptors (Lipinski definition) is 5. The molecule has 0 fully saturated rings. The van der Waals surface area contributed by atoms with E-state index in [0.29, 0.717) is 15.8 Å². The van der Waals surface area contributed by atoms with Crippen LogP contribution in [0.1, 0.15) is 16.7 Å². The van der Waals surface area contributed by atoms with E-state index in [0.717, 1.165) is 22.9 Å². The molecule has 0 unspecified atom stereocenters. The molecule has 2 rings (SSSR count). The van der Waals surface area contributed by atoms with E-state index in [4.69, 9.17) is 16.3 Å². The standard InChI is InChI=1S/C18H11ClF3NO2S2/c1-26-27-17(24)25-16(13-4-2-3-5-15(13)18(20,21)22)14(10-23)11-6-8-12(19)9-7-11/h2-9H,1H3/b16-14+. The fourth-order valence-corrected chi connectivity index (χ4v) is 3.09. The predicted octanol–water partition coefficient (Wildman–Crippen LogP) is 6.90. The van der Waals surface area contributed by atoms with Gasteiger partial charge in [-0.25, -0.2) is 4.79 Å². The van der Waals surface area contributed by atoms with E-state index >= 15 is 0 Å². The lowest BCUT2D eigenvalue weighted by molar-refractivity contribution is -0.137. The summed E-state index contributed by atoms with van der Waals surface area (Å²) < 4.78 is 45.5. The highest BCUT2D eigenvalue weighted by molar-refractivity contribution is 8.81. The topological polar surface area (TPSA) is 50.1 Å². The first kappa shape index (κ1) is 21.2. The highest BCUT2D eigenvalue weighted by Crippen LogP contribution is 2.39. The van der Waals surface area contributed by atoms with E-state index in [-0.39, 0.29) is 11.1 Å². The predicted molar refractivity (Wildman–Crippen MR) is 103 cm³/mol. The van der Waals surface area contributed by atoms with Crippen molar-refractivity contribution >= 4 is 49.8 Å². The van der Waals surface area contributed by atoms with Gasteiger partial charge in [-0.05, 0) is 30.0 Å². The minimum atomic E-state index is -4.69. The van der Waals surface area contributed by atoms with E-state index in [2.05, 4.69) is 0 Å². The van der Waals surface area contributed by atoms with Crippen LogP contribution in [0.15, 0.2) is 48.5 Å². The maximum absolute atomic E-state index is 13.4. The molecule has 0 saturated carbocycles. The molecule has 9 heteroatoms. The molecular weight excluding hydrogens is 419 g/mol. The van der Waals surface area contributed by atoms with Gasteiger partial charge in [0.25, 0.3) is 0 Å². The Balaban J connectivity index is 2.74. The summed E-state index contributed by atoms with van der Waals surface area (Å²) in [6, 6.07) is 12.3. The fourth-order valence-electron chi connectivity index (χ4n) is 2.20. The van der Waals surface area contributed by atoms with Gasteiger partial charge in [0, 0.05) is 21.4 Å². The van der Waals surface area contributed by atoms with Gasteiger partial charge < -0.3 is 4.74 Å². The van der Waals surface area contributed by atoms with Crippen LogP contribution in [0.5, 0.6) is 0 Å². The van der Waals surface area contributed by atoms with Crippen molar-refractivity contribution in [2.45, 2.75) is 6.18 Å². The molecule has 140 valence electrons. The van der Waals surface area contributed by atoms with Crippen LogP contribution in [0.2, 0.25) is 5.02 Å². The van der Waals surface area contributed by atoms with E-state index in [1.807, 2.05) is 6.07 Å². The number of ether oxygens (including phenoxy) is 1. The molecule has 0 heterocycles. The monoisotopic (exact) mass is 429 g/mol. The molecule has 27 heavy (non-hydrogen) atoms. The Morgan fingerprint density at radius 1 is 1.15 bits per heavy atom. The summed E-state index contributed by atoms with van der Waals surface area (Å²) >= 11 is 5.83. The Bertz CT molecular complexity index is 906. The van der Waals surface area contributed by atoms with Crippen LogP contribution in [0.25, 0.3) is 11.3 Å². The number of carbonyl (C=O) groups excluding carboxylic acids is 1. The van der Waals surface area contributed by atoms with Crippen molar-refractivity contribution in [1.82, 2.24) is 0 Å². The molecule has 0 atom stereocenters. The summed E-state index contributed by atoms with van der Waals surface area (Å²) in [6.07, 6.45) is -3.08. The third-order valence-corrected chi connectivity index (χ3v) is 4.83. The van der Waals surface area contributed by atoms with Crippen molar-refractivity contribution in [3.05, 3.63) is 70.2 Å². The number of nitrogens with zero attached hydrogens (tertiary/aromatic N) is 1. The lowest BCUT2D eigenvalue weighted by Gasteiger charge is -2.16. The lowest BCUT2D eigenvalue weighted by atomic mass is 9.98. The zero-order chi connectivity index (χ0) is 20.0. The quantitative estimate of drug-likeness (QED) is 0.174. The first-order chi connectivity index (χ1) is 12.8. The number of nitriles is 1. The first-order valence-corrected chi connectivity index (χ1v) is 10.2. The lowest BCUT2D eigenvalue weighted by Crippen LogP contribution is -2.11. The third-order valence-electron chi connectivity index (χ3n) is 3.29. The summed E-state index contributed by atoms with van der Waals surface area (Å²) in [5.74, 6) is -0.459. The van der Waals surface area contributed by atoms with Crippen molar-refractivity contribution in [2.75, 3.05) is 6.26 Å². The number of carbonyl (C=O) groups is 1. The molecule has 0 spiro atoms. The second-order valence-electron chi connectivity index (χ2n) is 4.97. The minimum absolute atomic E-state index is 0.210. The average molecular weight is 430 g/mol. The molecule has 0 aliphatic heterocycles. The molecular formula is C18H11ClF3NO2S2. The van der Waals surface area contributed by atoms with Crippen LogP contribution >= 0.6 is 33.2 Å². The van der Waals surface area contributed by atoms with Crippen LogP contribution < -0.4 is 0 Å². The number of alkyl halides is 3. The summed E-state index contributed by atoms with van der Waals surface area (Å²) in [4.78, 5) is 12.0. The van der Waals surface area contributed by atoms with E-state index in [1.165, 1.54) is 36.4 Å². The molecule has 0 N–H and O–H groups in total. The summed E-state index contributed by atoms with van der Waals surface area (Å²) in [5.41, 5.74) is -1.34. The number of hydrogen-bond donors (Lipinski definition) is 0. The van der Waals surface area contributed by atoms with Gasteiger partial charge in [0.1, 0.15) is 11.6 Å². The zero-order valence-corrected chi connectivity index (χ0v) is 16.1. The summed E-state index contributed by atoms with van der Waals surface area (Å²) in [7, 11) is 1.77. The molecule has 0 saturated heterocycles. The van der Waals surface area contributed by atoms with Crippen LogP contribution in [0.4, 0.5) is 18.0 Å². The van der Waals surface area contributed by atoms with Crippen molar-refractivity contribution in [2.24, 2.45) is 0 Å². The smallest absolute Gasteiger partial charge is 0.416 e. The van der Waals surface area contributed by atoms with Crippen LogP contribution in [0, 0.1) is 11.3 Å². The van der Waals surface area contributed by atoms with E-state index < -0.39 is 28.4 Å². The largest absolute Gasteiger partial charge is 0.417 e. The number of halogens is 4. The van der Waals surface area contributed by atoms with Gasteiger partial charge in [0.15, 0.2) is 5.76 Å². The summed E-state index contributed by atoms with van der Waals surface area (Å²) in [6.45, 7) is 0. The number of benzene rings is 2. The van der Waals surface area contributed by atoms with E-state index in [9.17, 15) is 23.2 Å². The van der Waals surface area contributed by atoms with Crippen LogP contribution in [-0.2, 0) is 10.9 Å². The van der Waals surface area contributed by atoms with Crippen molar-refractivity contribution in [3.8, 4) is 6.07 Å². The Morgan fingerprint density at radius 2 is 1.78 bits per heavy atom. The third kappa shape index (κ3) is 5.45. The Kier molecular flexibility index (Phi) is 7.25. The molecule has 3 nitrogen and oxygen atoms in total. The van der Waals surface area contributed by atoms with E-state index in [1.54, 1.807) is 6.26 Å². The summed E-state index contributed by atoms with van der Waals surface area (Å²) in [5, 5.41) is 9.15. The van der Waals surface area contributed by atoms with Crippen LogP contribution in [0.3, 0.4) is 0 Å². The second kappa shape index (κ2) is 9.22. The highest BCUT2D eigenvalue weighted by atomic mass is 35.5. The highest BCUT2D eigenvalue weighted by Gasteiger charge is 2.35. The fraction of sp³-hybridized carbons (Fsp3) is 0.111. The number of rotatable bonds is 4. The van der Waals surface area contributed by atoms with Gasteiger partial charge in [0.2, 0.25) is 0 Å².